The summed E-state index contributed by atoms with van der Waals surface area (Å²) in [6, 6.07) is 35.1. The molecule has 0 atom stereocenters. The maximum Gasteiger partial charge on any atom is 0.145 e. The van der Waals surface area contributed by atoms with Crippen molar-refractivity contribution in [2.75, 3.05) is 0 Å². The Balaban J connectivity index is 1.45. The molecule has 1 heterocycles. The third-order valence-corrected chi connectivity index (χ3v) is 11.9. The molecule has 8 rings (SSSR count). The topological polar surface area (TPSA) is 38.0 Å². The summed E-state index contributed by atoms with van der Waals surface area (Å²) in [6.45, 7) is 0. The van der Waals surface area contributed by atoms with E-state index < -0.39 is 0 Å². The molecule has 0 spiro atoms. The number of hydrogen-bond donors (Lipinski definition) is 1. The third-order valence-electron chi connectivity index (χ3n) is 11.9. The van der Waals surface area contributed by atoms with Gasteiger partial charge >= 0.3 is 0 Å². The number of phenolic OH excluding ortho intramolecular Hbond substituents is 1. The molecule has 0 saturated heterocycles. The van der Waals surface area contributed by atoms with Crippen LogP contribution in [0.2, 0.25) is 0 Å². The molecule has 0 radical (unpaired) electrons. The summed E-state index contributed by atoms with van der Waals surface area (Å²) >= 11 is 0. The van der Waals surface area contributed by atoms with Gasteiger partial charge in [0, 0.05) is 11.3 Å². The van der Waals surface area contributed by atoms with Crippen LogP contribution in [0.1, 0.15) is 0 Å². The number of phenols is 1. The molecule has 7 aromatic carbocycles. The van der Waals surface area contributed by atoms with Crippen molar-refractivity contribution in [1.29, 1.82) is 0 Å². The van der Waals surface area contributed by atoms with Crippen molar-refractivity contribution in [3.8, 4) is 45.1 Å². The van der Waals surface area contributed by atoms with Crippen LogP contribution >= 0.6 is 0 Å². The summed E-state index contributed by atoms with van der Waals surface area (Å²) in [5.74, 6) is 1.17. The summed E-state index contributed by atoms with van der Waals surface area (Å²) in [4.78, 5) is 5.23. The average molecular weight is 645 g/mol. The van der Waals surface area contributed by atoms with E-state index in [0.29, 0.717) is 5.75 Å². The highest BCUT2D eigenvalue weighted by Gasteiger charge is 2.24. The fourth-order valence-electron chi connectivity index (χ4n) is 8.50. The van der Waals surface area contributed by atoms with E-state index in [2.05, 4.69) is 150 Å². The lowest BCUT2D eigenvalue weighted by molar-refractivity contribution is 0.484. The number of imidazole rings is 1. The van der Waals surface area contributed by atoms with Gasteiger partial charge in [0.15, 0.2) is 0 Å². The number of rotatable bonds is 4. The maximum atomic E-state index is 11.2. The van der Waals surface area contributed by atoms with Crippen LogP contribution in [0.4, 0.5) is 0 Å². The third kappa shape index (κ3) is 4.90. The van der Waals surface area contributed by atoms with Crippen LogP contribution in [0, 0.1) is 0 Å². The zero-order valence-corrected chi connectivity index (χ0v) is 31.1. The lowest BCUT2D eigenvalue weighted by Crippen LogP contribution is -2.55. The fourth-order valence-corrected chi connectivity index (χ4v) is 8.50. The van der Waals surface area contributed by atoms with Gasteiger partial charge in [-0.3, -0.25) is 4.57 Å². The Kier molecular flexibility index (Phi) is 7.98. The quantitative estimate of drug-likeness (QED) is 0.153. The number of benzene rings is 7. The maximum absolute atomic E-state index is 11.2. The van der Waals surface area contributed by atoms with E-state index in [0.717, 1.165) is 55.5 Å². The van der Waals surface area contributed by atoms with Gasteiger partial charge in [-0.1, -0.05) is 100 Å². The summed E-state index contributed by atoms with van der Waals surface area (Å²) in [5.41, 5.74) is 19.8. The molecule has 1 N–H and O–H groups in total. The molecule has 0 amide bonds. The van der Waals surface area contributed by atoms with Gasteiger partial charge in [0.2, 0.25) is 0 Å². The molecule has 0 aliphatic heterocycles. The molecule has 234 valence electrons. The van der Waals surface area contributed by atoms with Crippen molar-refractivity contribution in [2.24, 2.45) is 0 Å². The Labute approximate surface area is 308 Å². The lowest BCUT2D eigenvalue weighted by Gasteiger charge is -2.24. The fraction of sp³-hybridized carbons (Fsp3) is 0. The van der Waals surface area contributed by atoms with Crippen LogP contribution < -0.4 is 49.2 Å². The first-order valence-electron chi connectivity index (χ1n) is 17.9. The van der Waals surface area contributed by atoms with Crippen LogP contribution in [-0.2, 0) is 0 Å². The van der Waals surface area contributed by atoms with Crippen molar-refractivity contribution in [3.63, 3.8) is 0 Å². The Morgan fingerprint density at radius 2 is 0.922 bits per heavy atom. The summed E-state index contributed by atoms with van der Waals surface area (Å²) in [7, 11) is 19.6. The first-order valence-corrected chi connectivity index (χ1v) is 17.9. The molecule has 0 aliphatic carbocycles. The van der Waals surface area contributed by atoms with Gasteiger partial charge in [0.05, 0.1) is 11.0 Å². The van der Waals surface area contributed by atoms with Gasteiger partial charge in [0.25, 0.3) is 0 Å². The predicted octanol–water partition coefficient (Wildman–Crippen LogP) is -5.64. The number of fused-ring (bicyclic) bond motifs is 3. The zero-order valence-electron chi connectivity index (χ0n) is 31.1. The zero-order chi connectivity index (χ0) is 35.9. The molecule has 8 aromatic rings. The summed E-state index contributed by atoms with van der Waals surface area (Å²) < 4.78 is 2.27. The standard InChI is InChI=1S/C39H35B9N2O/c40-29-27(30(41)34(45)36(47)33(29)44)26-21-12-3-1-10-19(21)25(20-11-2-4-13-22(20)26)17-8-7-9-18(16-17)50-24-15-6-5-14-23(24)49-39(50)28-31(42)35(46)37(48)38(51)32(28)43/h1-16,51H,40-48H2. The lowest BCUT2D eigenvalue weighted by atomic mass is 9.59. The van der Waals surface area contributed by atoms with Gasteiger partial charge < -0.3 is 5.11 Å². The van der Waals surface area contributed by atoms with E-state index >= 15 is 0 Å². The SMILES string of the molecule is Bc1c(B)c(B)c(-c2c3ccccc3c(-c3cccc(-n4c(-c5c(B)c(B)c(B)c(O)c5B)nc5ccccc54)c3)c3ccccc23)c(B)c1B. The van der Waals surface area contributed by atoms with Gasteiger partial charge in [0.1, 0.15) is 82.2 Å². The van der Waals surface area contributed by atoms with E-state index in [1.54, 1.807) is 0 Å². The van der Waals surface area contributed by atoms with Crippen molar-refractivity contribution in [1.82, 2.24) is 9.55 Å². The van der Waals surface area contributed by atoms with E-state index in [-0.39, 0.29) is 0 Å². The molecule has 0 bridgehead atoms. The molecule has 3 nitrogen and oxygen atoms in total. The number of hydrogen-bond acceptors (Lipinski definition) is 2. The van der Waals surface area contributed by atoms with E-state index in [4.69, 9.17) is 4.98 Å². The summed E-state index contributed by atoms with van der Waals surface area (Å²) in [6.07, 6.45) is 0. The van der Waals surface area contributed by atoms with Crippen LogP contribution in [-0.4, -0.2) is 85.3 Å². The highest BCUT2D eigenvalue weighted by Crippen LogP contribution is 2.43. The summed E-state index contributed by atoms with van der Waals surface area (Å²) in [5, 5.41) is 16.2. The number of aromatic nitrogens is 2. The van der Waals surface area contributed by atoms with Crippen molar-refractivity contribution < 1.29 is 5.11 Å². The normalized spacial score (nSPS) is 11.5. The Morgan fingerprint density at radius 1 is 0.431 bits per heavy atom. The molecule has 51 heavy (non-hydrogen) atoms. The highest BCUT2D eigenvalue weighted by atomic mass is 16.3. The second kappa shape index (κ2) is 12.3. The molecule has 0 unspecified atom stereocenters. The van der Waals surface area contributed by atoms with Crippen molar-refractivity contribution in [2.45, 2.75) is 0 Å². The Bertz CT molecular complexity index is 2660. The van der Waals surface area contributed by atoms with Gasteiger partial charge in [-0.05, 0) is 73.5 Å². The van der Waals surface area contributed by atoms with Gasteiger partial charge in [-0.2, -0.15) is 0 Å². The van der Waals surface area contributed by atoms with Gasteiger partial charge in [-0.25, -0.2) is 4.98 Å². The van der Waals surface area contributed by atoms with Crippen molar-refractivity contribution >= 4 is 152 Å². The Morgan fingerprint density at radius 3 is 1.53 bits per heavy atom. The molecule has 12 heteroatoms. The molecule has 0 fully saturated rings. The number of para-hydroxylation sites is 2. The molecule has 1 aromatic heterocycles. The van der Waals surface area contributed by atoms with E-state index in [1.165, 1.54) is 65.5 Å². The first kappa shape index (κ1) is 33.1. The van der Waals surface area contributed by atoms with Crippen LogP contribution in [0.5, 0.6) is 5.75 Å². The second-order valence-corrected chi connectivity index (χ2v) is 14.4. The number of aromatic hydroxyl groups is 1. The minimum absolute atomic E-state index is 0.336. The molecule has 0 aliphatic rings. The minimum atomic E-state index is 0.336. The first-order chi connectivity index (χ1) is 24.5. The molecular weight excluding hydrogens is 610 g/mol. The van der Waals surface area contributed by atoms with E-state index in [9.17, 15) is 5.11 Å². The monoisotopic (exact) mass is 646 g/mol. The Hall–Kier alpha value is -5.09. The highest BCUT2D eigenvalue weighted by molar-refractivity contribution is 6.69. The van der Waals surface area contributed by atoms with E-state index in [1.807, 2.05) is 21.8 Å². The largest absolute Gasteiger partial charge is 0.509 e. The molecular formula is C39H35B9N2O. The average Bonchev–Trinajstić information content (AvgIpc) is 3.53. The minimum Gasteiger partial charge on any atom is -0.509 e. The smallest absolute Gasteiger partial charge is 0.145 e. The second-order valence-electron chi connectivity index (χ2n) is 14.4. The van der Waals surface area contributed by atoms with Crippen LogP contribution in [0.25, 0.3) is 71.9 Å². The molecule has 0 saturated carbocycles. The van der Waals surface area contributed by atoms with Crippen LogP contribution in [0.3, 0.4) is 0 Å². The van der Waals surface area contributed by atoms with Crippen LogP contribution in [0.15, 0.2) is 97.1 Å². The number of nitrogens with zero attached hydrogens (tertiary/aromatic N) is 2. The van der Waals surface area contributed by atoms with Gasteiger partial charge in [-0.15, -0.1) is 16.4 Å². The van der Waals surface area contributed by atoms with Crippen molar-refractivity contribution in [3.05, 3.63) is 97.1 Å². The predicted molar refractivity (Wildman–Crippen MR) is 248 cm³/mol.